The van der Waals surface area contributed by atoms with Crippen molar-refractivity contribution < 1.29 is 0 Å². The second-order valence-corrected chi connectivity index (χ2v) is 7.01. The quantitative estimate of drug-likeness (QED) is 0.824. The smallest absolute Gasteiger partial charge is 0.0415 e. The van der Waals surface area contributed by atoms with Crippen LogP contribution in [-0.4, -0.2) is 0 Å². The highest BCUT2D eigenvalue weighted by Crippen LogP contribution is 2.42. The molecule has 2 unspecified atom stereocenters. The van der Waals surface area contributed by atoms with Gasteiger partial charge in [0.1, 0.15) is 0 Å². The van der Waals surface area contributed by atoms with Crippen LogP contribution >= 0.6 is 0 Å². The van der Waals surface area contributed by atoms with Crippen LogP contribution in [-0.2, 0) is 5.54 Å². The molecule has 2 N–H and O–H groups in total. The third-order valence-electron chi connectivity index (χ3n) is 5.14. The van der Waals surface area contributed by atoms with E-state index in [1.807, 2.05) is 0 Å². The van der Waals surface area contributed by atoms with Gasteiger partial charge in [-0.25, -0.2) is 0 Å². The lowest BCUT2D eigenvalue weighted by molar-refractivity contribution is 0.183. The van der Waals surface area contributed by atoms with Gasteiger partial charge < -0.3 is 5.73 Å². The van der Waals surface area contributed by atoms with Crippen molar-refractivity contribution in [3.63, 3.8) is 0 Å². The molecule has 0 aromatic heterocycles. The molecule has 0 amide bonds. The monoisotopic (exact) mass is 259 g/mol. The van der Waals surface area contributed by atoms with E-state index >= 15 is 0 Å². The molecule has 1 aromatic carbocycles. The van der Waals surface area contributed by atoms with Crippen molar-refractivity contribution in [3.05, 3.63) is 34.4 Å². The van der Waals surface area contributed by atoms with Gasteiger partial charge in [0, 0.05) is 5.54 Å². The first kappa shape index (κ1) is 14.6. The van der Waals surface area contributed by atoms with E-state index in [1.54, 1.807) is 0 Å². The van der Waals surface area contributed by atoms with E-state index in [1.165, 1.54) is 35.1 Å². The third kappa shape index (κ3) is 2.86. The van der Waals surface area contributed by atoms with Crippen LogP contribution < -0.4 is 5.73 Å². The van der Waals surface area contributed by atoms with Gasteiger partial charge in [0.25, 0.3) is 0 Å². The molecule has 1 aliphatic carbocycles. The zero-order valence-corrected chi connectivity index (χ0v) is 13.2. The van der Waals surface area contributed by atoms with E-state index in [9.17, 15) is 0 Å². The Morgan fingerprint density at radius 3 is 2.37 bits per heavy atom. The molecular formula is C18H29N. The molecule has 1 nitrogen and oxygen atoms in total. The zero-order valence-electron chi connectivity index (χ0n) is 13.2. The fraction of sp³-hybridized carbons (Fsp3) is 0.667. The highest BCUT2D eigenvalue weighted by Gasteiger charge is 2.36. The molecular weight excluding hydrogens is 230 g/mol. The van der Waals surface area contributed by atoms with Gasteiger partial charge in [0.15, 0.2) is 0 Å². The summed E-state index contributed by atoms with van der Waals surface area (Å²) in [6, 6.07) is 4.64. The van der Waals surface area contributed by atoms with Gasteiger partial charge in [-0.2, -0.15) is 0 Å². The average molecular weight is 259 g/mol. The van der Waals surface area contributed by atoms with E-state index in [2.05, 4.69) is 46.8 Å². The molecule has 0 radical (unpaired) electrons. The first-order chi connectivity index (χ1) is 8.83. The van der Waals surface area contributed by atoms with E-state index < -0.39 is 0 Å². The maximum atomic E-state index is 6.83. The van der Waals surface area contributed by atoms with Gasteiger partial charge in [-0.1, -0.05) is 38.8 Å². The molecule has 0 aliphatic heterocycles. The van der Waals surface area contributed by atoms with E-state index in [-0.39, 0.29) is 5.54 Å². The summed E-state index contributed by atoms with van der Waals surface area (Å²) in [5.74, 6) is 1.52. The maximum Gasteiger partial charge on any atom is 0.0415 e. The minimum atomic E-state index is -0.101. The van der Waals surface area contributed by atoms with Crippen LogP contribution in [0.15, 0.2) is 12.1 Å². The zero-order chi connectivity index (χ0) is 14.2. The van der Waals surface area contributed by atoms with Crippen LogP contribution in [0.4, 0.5) is 0 Å². The summed E-state index contributed by atoms with van der Waals surface area (Å²) in [5.41, 5.74) is 12.2. The fourth-order valence-corrected chi connectivity index (χ4v) is 3.66. The first-order valence-corrected chi connectivity index (χ1v) is 7.71. The molecule has 19 heavy (non-hydrogen) atoms. The van der Waals surface area contributed by atoms with Gasteiger partial charge in [-0.05, 0) is 67.7 Å². The molecule has 106 valence electrons. The SMILES string of the molecule is Cc1cc(C)c(C2(N)CCCC(C(C)C)C2)cc1C. The Kier molecular flexibility index (Phi) is 4.06. The summed E-state index contributed by atoms with van der Waals surface area (Å²) in [4.78, 5) is 0. The van der Waals surface area contributed by atoms with Crippen molar-refractivity contribution in [3.8, 4) is 0 Å². The molecule has 2 atom stereocenters. The first-order valence-electron chi connectivity index (χ1n) is 7.71. The van der Waals surface area contributed by atoms with Crippen LogP contribution in [0.1, 0.15) is 61.8 Å². The second-order valence-electron chi connectivity index (χ2n) is 7.01. The van der Waals surface area contributed by atoms with E-state index in [4.69, 9.17) is 5.73 Å². The number of aryl methyl sites for hydroxylation is 3. The Morgan fingerprint density at radius 1 is 1.11 bits per heavy atom. The molecule has 0 spiro atoms. The Labute approximate surface area is 118 Å². The fourth-order valence-electron chi connectivity index (χ4n) is 3.66. The lowest BCUT2D eigenvalue weighted by Gasteiger charge is -2.41. The lowest BCUT2D eigenvalue weighted by Crippen LogP contribution is -2.43. The molecule has 0 saturated heterocycles. The van der Waals surface area contributed by atoms with Crippen molar-refractivity contribution >= 4 is 0 Å². The summed E-state index contributed by atoms with van der Waals surface area (Å²) in [6.07, 6.45) is 4.90. The number of hydrogen-bond donors (Lipinski definition) is 1. The topological polar surface area (TPSA) is 26.0 Å². The molecule has 0 heterocycles. The van der Waals surface area contributed by atoms with E-state index in [0.29, 0.717) is 0 Å². The summed E-state index contributed by atoms with van der Waals surface area (Å²) in [6.45, 7) is 11.3. The molecule has 1 saturated carbocycles. The molecule has 1 aliphatic rings. The highest BCUT2D eigenvalue weighted by atomic mass is 14.8. The minimum absolute atomic E-state index is 0.101. The van der Waals surface area contributed by atoms with Crippen LogP contribution in [0.25, 0.3) is 0 Å². The predicted octanol–water partition coefficient (Wildman–Crippen LogP) is 4.61. The molecule has 1 fully saturated rings. The summed E-state index contributed by atoms with van der Waals surface area (Å²) in [5, 5.41) is 0. The summed E-state index contributed by atoms with van der Waals surface area (Å²) >= 11 is 0. The third-order valence-corrected chi connectivity index (χ3v) is 5.14. The molecule has 0 bridgehead atoms. The van der Waals surface area contributed by atoms with Gasteiger partial charge >= 0.3 is 0 Å². The molecule has 1 heteroatoms. The Morgan fingerprint density at radius 2 is 1.74 bits per heavy atom. The van der Waals surface area contributed by atoms with Crippen molar-refractivity contribution in [2.45, 2.75) is 65.8 Å². The highest BCUT2D eigenvalue weighted by molar-refractivity contribution is 5.40. The lowest BCUT2D eigenvalue weighted by atomic mass is 9.68. The Bertz CT molecular complexity index is 461. The van der Waals surface area contributed by atoms with Crippen LogP contribution in [0.5, 0.6) is 0 Å². The number of nitrogens with two attached hydrogens (primary N) is 1. The normalized spacial score (nSPS) is 27.8. The van der Waals surface area contributed by atoms with Crippen LogP contribution in [0.3, 0.4) is 0 Å². The number of hydrogen-bond acceptors (Lipinski definition) is 1. The Hall–Kier alpha value is -0.820. The number of benzene rings is 1. The van der Waals surface area contributed by atoms with Crippen LogP contribution in [0.2, 0.25) is 0 Å². The van der Waals surface area contributed by atoms with Gasteiger partial charge in [0.05, 0.1) is 0 Å². The minimum Gasteiger partial charge on any atom is -0.321 e. The largest absolute Gasteiger partial charge is 0.321 e. The van der Waals surface area contributed by atoms with Crippen molar-refractivity contribution in [1.82, 2.24) is 0 Å². The summed E-state index contributed by atoms with van der Waals surface area (Å²) < 4.78 is 0. The van der Waals surface area contributed by atoms with Gasteiger partial charge in [-0.3, -0.25) is 0 Å². The second kappa shape index (κ2) is 5.28. The van der Waals surface area contributed by atoms with Gasteiger partial charge in [-0.15, -0.1) is 0 Å². The van der Waals surface area contributed by atoms with Crippen molar-refractivity contribution in [2.75, 3.05) is 0 Å². The Balaban J connectivity index is 2.36. The number of rotatable bonds is 2. The van der Waals surface area contributed by atoms with Crippen LogP contribution in [0, 0.1) is 32.6 Å². The predicted molar refractivity (Wildman–Crippen MR) is 83.3 cm³/mol. The molecule has 2 rings (SSSR count). The van der Waals surface area contributed by atoms with Crippen molar-refractivity contribution in [2.24, 2.45) is 17.6 Å². The maximum absolute atomic E-state index is 6.83. The van der Waals surface area contributed by atoms with E-state index in [0.717, 1.165) is 24.7 Å². The molecule has 1 aromatic rings. The standard InChI is InChI=1S/C18H29N/c1-12(2)16-7-6-8-18(19,11-16)17-10-14(4)13(3)9-15(17)5/h9-10,12,16H,6-8,11,19H2,1-5H3. The van der Waals surface area contributed by atoms with Gasteiger partial charge in [0.2, 0.25) is 0 Å². The summed E-state index contributed by atoms with van der Waals surface area (Å²) in [7, 11) is 0. The average Bonchev–Trinajstić information content (AvgIpc) is 2.33. The van der Waals surface area contributed by atoms with Crippen molar-refractivity contribution in [1.29, 1.82) is 0 Å².